The SMILES string of the molecule is Cc1ccc2cccc(OCc3c(Cl)ccc(C(C)CC(=O)Nc4cccc(NC(=O)Nc5cccc([N+](=O)[O-])c5)c4)c3Cl)c2n1. The van der Waals surface area contributed by atoms with Crippen molar-refractivity contribution in [1.29, 1.82) is 0 Å². The molecule has 0 aliphatic carbocycles. The largest absolute Gasteiger partial charge is 0.487 e. The lowest BCUT2D eigenvalue weighted by Gasteiger charge is -2.18. The standard InChI is InChI=1S/C34H29Cl2N5O5/c1-20(27-14-15-29(35)28(32(27)36)19-46-30-11-3-6-22-13-12-21(2)37-33(22)30)16-31(42)38-23-7-4-8-24(17-23)39-34(43)40-25-9-5-10-26(18-25)41(44)45/h3-15,17-18,20H,16,19H2,1-2H3,(H,38,42)(H2,39,40,43). The van der Waals surface area contributed by atoms with E-state index in [9.17, 15) is 19.7 Å². The number of para-hydroxylation sites is 1. The maximum atomic E-state index is 13.0. The van der Waals surface area contributed by atoms with E-state index >= 15 is 0 Å². The Hall–Kier alpha value is -5.19. The van der Waals surface area contributed by atoms with E-state index in [1.165, 1.54) is 24.3 Å². The number of non-ortho nitro benzene ring substituents is 1. The summed E-state index contributed by atoms with van der Waals surface area (Å²) in [5.74, 6) is 0.100. The van der Waals surface area contributed by atoms with Crippen LogP contribution in [0, 0.1) is 17.0 Å². The number of amides is 3. The van der Waals surface area contributed by atoms with Crippen LogP contribution in [0.4, 0.5) is 27.5 Å². The van der Waals surface area contributed by atoms with Gasteiger partial charge in [0.15, 0.2) is 0 Å². The van der Waals surface area contributed by atoms with Crippen LogP contribution in [-0.2, 0) is 11.4 Å². The zero-order chi connectivity index (χ0) is 32.8. The predicted molar refractivity (Wildman–Crippen MR) is 181 cm³/mol. The van der Waals surface area contributed by atoms with Gasteiger partial charge in [-0.2, -0.15) is 0 Å². The number of anilines is 3. The molecule has 0 saturated heterocycles. The molecule has 3 N–H and O–H groups in total. The number of hydrogen-bond donors (Lipinski definition) is 3. The highest BCUT2D eigenvalue weighted by atomic mass is 35.5. The first-order valence-corrected chi connectivity index (χ1v) is 15.0. The summed E-state index contributed by atoms with van der Waals surface area (Å²) in [6.45, 7) is 3.93. The molecule has 5 rings (SSSR count). The maximum absolute atomic E-state index is 13.0. The van der Waals surface area contributed by atoms with Gasteiger partial charge in [0, 0.05) is 57.3 Å². The van der Waals surface area contributed by atoms with Crippen molar-refractivity contribution in [3.05, 3.63) is 128 Å². The van der Waals surface area contributed by atoms with Gasteiger partial charge < -0.3 is 20.7 Å². The number of rotatable bonds is 10. The molecule has 0 spiro atoms. The highest BCUT2D eigenvalue weighted by molar-refractivity contribution is 6.36. The van der Waals surface area contributed by atoms with Crippen molar-refractivity contribution in [3.8, 4) is 5.75 Å². The van der Waals surface area contributed by atoms with Gasteiger partial charge in [0.25, 0.3) is 5.69 Å². The van der Waals surface area contributed by atoms with Crippen molar-refractivity contribution >= 4 is 68.8 Å². The van der Waals surface area contributed by atoms with Gasteiger partial charge in [0.2, 0.25) is 5.91 Å². The molecule has 1 heterocycles. The van der Waals surface area contributed by atoms with Crippen LogP contribution >= 0.6 is 23.2 Å². The summed E-state index contributed by atoms with van der Waals surface area (Å²) in [6, 6.07) is 24.8. The average molecular weight is 659 g/mol. The molecule has 1 aromatic heterocycles. The van der Waals surface area contributed by atoms with Crippen molar-refractivity contribution in [2.24, 2.45) is 0 Å². The highest BCUT2D eigenvalue weighted by Crippen LogP contribution is 2.35. The normalized spacial score (nSPS) is 11.5. The first-order chi connectivity index (χ1) is 22.1. The second kappa shape index (κ2) is 14.3. The maximum Gasteiger partial charge on any atom is 0.323 e. The number of hydrogen-bond acceptors (Lipinski definition) is 6. The number of nitro benzene ring substituents is 1. The van der Waals surface area contributed by atoms with Crippen LogP contribution in [-0.4, -0.2) is 21.8 Å². The Morgan fingerprint density at radius 2 is 1.57 bits per heavy atom. The van der Waals surface area contributed by atoms with Gasteiger partial charge in [-0.05, 0) is 60.9 Å². The first-order valence-electron chi connectivity index (χ1n) is 14.3. The molecular weight excluding hydrogens is 629 g/mol. The molecule has 10 nitrogen and oxygen atoms in total. The van der Waals surface area contributed by atoms with Gasteiger partial charge in [-0.15, -0.1) is 0 Å². The summed E-state index contributed by atoms with van der Waals surface area (Å²) in [5.41, 5.74) is 3.99. The van der Waals surface area contributed by atoms with E-state index in [0.717, 1.165) is 22.2 Å². The predicted octanol–water partition coefficient (Wildman–Crippen LogP) is 9.11. The smallest absolute Gasteiger partial charge is 0.323 e. The van der Waals surface area contributed by atoms with Gasteiger partial charge in [-0.1, -0.05) is 66.5 Å². The first kappa shape index (κ1) is 32.2. The van der Waals surface area contributed by atoms with Crippen LogP contribution in [0.5, 0.6) is 5.75 Å². The average Bonchev–Trinajstić information content (AvgIpc) is 3.01. The van der Waals surface area contributed by atoms with Crippen LogP contribution < -0.4 is 20.7 Å². The Morgan fingerprint density at radius 3 is 2.30 bits per heavy atom. The minimum Gasteiger partial charge on any atom is -0.487 e. The zero-order valence-corrected chi connectivity index (χ0v) is 26.4. The lowest BCUT2D eigenvalue weighted by atomic mass is 9.95. The molecule has 12 heteroatoms. The molecule has 0 aliphatic heterocycles. The second-order valence-electron chi connectivity index (χ2n) is 10.6. The molecule has 1 unspecified atom stereocenters. The van der Waals surface area contributed by atoms with Gasteiger partial charge >= 0.3 is 6.03 Å². The summed E-state index contributed by atoms with van der Waals surface area (Å²) >= 11 is 13.3. The Balaban J connectivity index is 1.21. The van der Waals surface area contributed by atoms with Crippen molar-refractivity contribution < 1.29 is 19.2 Å². The highest BCUT2D eigenvalue weighted by Gasteiger charge is 2.19. The minimum atomic E-state index is -0.596. The molecule has 3 amide bonds. The number of aryl methyl sites for hydroxylation is 1. The molecule has 0 radical (unpaired) electrons. The Bertz CT molecular complexity index is 1950. The molecule has 4 aromatic carbocycles. The number of halogens is 2. The number of nitrogens with zero attached hydrogens (tertiary/aromatic N) is 2. The Kier molecular flexibility index (Phi) is 10.00. The third-order valence-corrected chi connectivity index (χ3v) is 7.95. The van der Waals surface area contributed by atoms with Gasteiger partial charge in [0.05, 0.1) is 9.95 Å². The summed E-state index contributed by atoms with van der Waals surface area (Å²) in [7, 11) is 0. The van der Waals surface area contributed by atoms with E-state index in [1.807, 2.05) is 44.2 Å². The van der Waals surface area contributed by atoms with E-state index in [4.69, 9.17) is 27.9 Å². The lowest BCUT2D eigenvalue weighted by Crippen LogP contribution is -2.20. The number of carbonyl (C=O) groups excluding carboxylic acids is 2. The minimum absolute atomic E-state index is 0.119. The van der Waals surface area contributed by atoms with E-state index < -0.39 is 11.0 Å². The molecule has 0 aliphatic rings. The molecule has 0 fully saturated rings. The molecule has 0 saturated carbocycles. The van der Waals surface area contributed by atoms with Crippen LogP contribution in [0.3, 0.4) is 0 Å². The third-order valence-electron chi connectivity index (χ3n) is 7.15. The number of urea groups is 1. The number of fused-ring (bicyclic) bond motifs is 1. The number of benzene rings is 4. The lowest BCUT2D eigenvalue weighted by molar-refractivity contribution is -0.384. The Morgan fingerprint density at radius 1 is 0.891 bits per heavy atom. The molecular formula is C34H29Cl2N5O5. The Labute approximate surface area is 274 Å². The molecule has 234 valence electrons. The molecule has 0 bridgehead atoms. The molecule has 46 heavy (non-hydrogen) atoms. The number of nitrogens with one attached hydrogen (secondary N) is 3. The van der Waals surface area contributed by atoms with Crippen molar-refractivity contribution in [2.45, 2.75) is 32.8 Å². The third kappa shape index (κ3) is 7.90. The van der Waals surface area contributed by atoms with E-state index in [2.05, 4.69) is 20.9 Å². The number of aromatic nitrogens is 1. The summed E-state index contributed by atoms with van der Waals surface area (Å²) in [6.07, 6.45) is 0.124. The monoisotopic (exact) mass is 657 g/mol. The van der Waals surface area contributed by atoms with E-state index in [-0.39, 0.29) is 36.2 Å². The van der Waals surface area contributed by atoms with Crippen LogP contribution in [0.25, 0.3) is 10.9 Å². The molecule has 1 atom stereocenters. The summed E-state index contributed by atoms with van der Waals surface area (Å²) in [4.78, 5) is 40.5. The van der Waals surface area contributed by atoms with Gasteiger partial charge in [-0.25, -0.2) is 9.78 Å². The quantitative estimate of drug-likeness (QED) is 0.101. The van der Waals surface area contributed by atoms with E-state index in [1.54, 1.807) is 36.4 Å². The van der Waals surface area contributed by atoms with Crippen molar-refractivity contribution in [3.63, 3.8) is 0 Å². The van der Waals surface area contributed by atoms with Crippen molar-refractivity contribution in [2.75, 3.05) is 16.0 Å². The zero-order valence-electron chi connectivity index (χ0n) is 24.8. The van der Waals surface area contributed by atoms with Crippen LogP contribution in [0.1, 0.15) is 36.1 Å². The number of ether oxygens (including phenoxy) is 1. The summed E-state index contributed by atoms with van der Waals surface area (Å²) < 4.78 is 6.13. The van der Waals surface area contributed by atoms with Gasteiger partial charge in [0.1, 0.15) is 17.9 Å². The van der Waals surface area contributed by atoms with E-state index in [0.29, 0.717) is 32.7 Å². The molecule has 5 aromatic rings. The second-order valence-corrected chi connectivity index (χ2v) is 11.4. The number of pyridine rings is 1. The van der Waals surface area contributed by atoms with Crippen LogP contribution in [0.15, 0.2) is 91.0 Å². The number of carbonyl (C=O) groups is 2. The fourth-order valence-electron chi connectivity index (χ4n) is 4.88. The topological polar surface area (TPSA) is 135 Å². The van der Waals surface area contributed by atoms with Crippen molar-refractivity contribution in [1.82, 2.24) is 4.98 Å². The van der Waals surface area contributed by atoms with Crippen LogP contribution in [0.2, 0.25) is 10.0 Å². The fourth-order valence-corrected chi connectivity index (χ4v) is 5.54. The van der Waals surface area contributed by atoms with Gasteiger partial charge in [-0.3, -0.25) is 14.9 Å². The number of nitro groups is 1. The summed E-state index contributed by atoms with van der Waals surface area (Å²) in [5, 5.41) is 20.9. The fraction of sp³-hybridized carbons (Fsp3) is 0.147.